The van der Waals surface area contributed by atoms with Crippen LogP contribution in [0.2, 0.25) is 0 Å². The molecule has 0 unspecified atom stereocenters. The van der Waals surface area contributed by atoms with Gasteiger partial charge in [-0.05, 0) is 42.5 Å². The van der Waals surface area contributed by atoms with Crippen LogP contribution >= 0.6 is 15.9 Å². The van der Waals surface area contributed by atoms with Crippen LogP contribution in [0.4, 0.5) is 0 Å². The monoisotopic (exact) mass is 350 g/mol. The highest BCUT2D eigenvalue weighted by atomic mass is 79.9. The van der Waals surface area contributed by atoms with E-state index < -0.39 is 9.84 Å². The summed E-state index contributed by atoms with van der Waals surface area (Å²) >= 11 is 3.43. The van der Waals surface area contributed by atoms with Gasteiger partial charge in [0.25, 0.3) is 0 Å². The fraction of sp³-hybridized carbons (Fsp3) is 0.0714. The first-order valence-corrected chi connectivity index (χ1v) is 8.57. The van der Waals surface area contributed by atoms with Crippen molar-refractivity contribution in [3.05, 3.63) is 53.1 Å². The maximum Gasteiger partial charge on any atom is 0.175 e. The average molecular weight is 351 g/mol. The topological polar surface area (TPSA) is 52.0 Å². The zero-order valence-corrected chi connectivity index (χ0v) is 13.0. The van der Waals surface area contributed by atoms with Crippen molar-refractivity contribution in [2.45, 2.75) is 4.90 Å². The van der Waals surface area contributed by atoms with Crippen molar-refractivity contribution in [3.8, 4) is 5.69 Å². The molecule has 0 aliphatic rings. The van der Waals surface area contributed by atoms with Gasteiger partial charge in [0.1, 0.15) is 0 Å². The van der Waals surface area contributed by atoms with Gasteiger partial charge in [-0.15, -0.1) is 0 Å². The number of benzene rings is 2. The Bertz CT molecular complexity index is 883. The second kappa shape index (κ2) is 4.71. The maximum absolute atomic E-state index is 11.5. The Morgan fingerprint density at radius 2 is 1.80 bits per heavy atom. The average Bonchev–Trinajstić information content (AvgIpc) is 2.80. The molecule has 6 heteroatoms. The summed E-state index contributed by atoms with van der Waals surface area (Å²) < 4.78 is 25.7. The molecule has 1 aromatic heterocycles. The summed E-state index contributed by atoms with van der Waals surface area (Å²) in [6.07, 6.45) is 2.98. The zero-order chi connectivity index (χ0) is 14.3. The lowest BCUT2D eigenvalue weighted by atomic mass is 10.2. The summed E-state index contributed by atoms with van der Waals surface area (Å²) in [4.78, 5) is 0.306. The Morgan fingerprint density at radius 3 is 2.45 bits per heavy atom. The maximum atomic E-state index is 11.5. The van der Waals surface area contributed by atoms with Gasteiger partial charge in [0, 0.05) is 16.1 Å². The van der Waals surface area contributed by atoms with Crippen LogP contribution in [-0.2, 0) is 9.84 Å². The highest BCUT2D eigenvalue weighted by Gasteiger charge is 2.09. The number of hydrogen-bond donors (Lipinski definition) is 0. The smallest absolute Gasteiger partial charge is 0.175 e. The minimum atomic E-state index is -3.17. The standard InChI is InChI=1S/C14H11BrN2O2S/c1-20(18,19)13-5-3-12(4-6-13)17-14-7-2-11(15)8-10(14)9-16-17/h2-9H,1H3. The van der Waals surface area contributed by atoms with Gasteiger partial charge in [0.05, 0.1) is 22.3 Å². The van der Waals surface area contributed by atoms with E-state index in [0.29, 0.717) is 4.90 Å². The Hall–Kier alpha value is -1.66. The molecule has 1 heterocycles. The third-order valence-corrected chi connectivity index (χ3v) is 4.66. The van der Waals surface area contributed by atoms with Gasteiger partial charge in [0.15, 0.2) is 9.84 Å². The fourth-order valence-electron chi connectivity index (χ4n) is 2.04. The summed E-state index contributed by atoms with van der Waals surface area (Å²) in [5, 5.41) is 5.36. The molecule has 0 N–H and O–H groups in total. The van der Waals surface area contributed by atoms with E-state index in [1.54, 1.807) is 35.1 Å². The van der Waals surface area contributed by atoms with Gasteiger partial charge in [-0.1, -0.05) is 15.9 Å². The van der Waals surface area contributed by atoms with Crippen molar-refractivity contribution in [3.63, 3.8) is 0 Å². The van der Waals surface area contributed by atoms with Crippen LogP contribution in [0.15, 0.2) is 58.0 Å². The number of fused-ring (bicyclic) bond motifs is 1. The molecule has 20 heavy (non-hydrogen) atoms. The van der Waals surface area contributed by atoms with E-state index >= 15 is 0 Å². The van der Waals surface area contributed by atoms with E-state index in [1.165, 1.54) is 6.26 Å². The van der Waals surface area contributed by atoms with Crippen molar-refractivity contribution in [2.24, 2.45) is 0 Å². The Labute approximate surface area is 125 Å². The zero-order valence-electron chi connectivity index (χ0n) is 10.6. The molecule has 0 radical (unpaired) electrons. The number of nitrogens with zero attached hydrogens (tertiary/aromatic N) is 2. The summed E-state index contributed by atoms with van der Waals surface area (Å²) in [7, 11) is -3.17. The van der Waals surface area contributed by atoms with Crippen LogP contribution in [-0.4, -0.2) is 24.5 Å². The third-order valence-electron chi connectivity index (χ3n) is 3.04. The van der Waals surface area contributed by atoms with Crippen molar-refractivity contribution >= 4 is 36.7 Å². The molecular weight excluding hydrogens is 340 g/mol. The van der Waals surface area contributed by atoms with E-state index in [9.17, 15) is 8.42 Å². The lowest BCUT2D eigenvalue weighted by molar-refractivity contribution is 0.602. The van der Waals surface area contributed by atoms with Crippen molar-refractivity contribution in [2.75, 3.05) is 6.26 Å². The molecule has 2 aromatic carbocycles. The van der Waals surface area contributed by atoms with Gasteiger partial charge in [-0.2, -0.15) is 5.10 Å². The predicted octanol–water partition coefficient (Wildman–Crippen LogP) is 3.19. The highest BCUT2D eigenvalue weighted by Crippen LogP contribution is 2.22. The summed E-state index contributed by atoms with van der Waals surface area (Å²) in [5.74, 6) is 0. The third kappa shape index (κ3) is 2.36. The second-order valence-electron chi connectivity index (χ2n) is 4.53. The highest BCUT2D eigenvalue weighted by molar-refractivity contribution is 9.10. The molecule has 3 aromatic rings. The molecule has 0 saturated carbocycles. The second-order valence-corrected chi connectivity index (χ2v) is 7.46. The first-order chi connectivity index (χ1) is 9.45. The van der Waals surface area contributed by atoms with E-state index in [1.807, 2.05) is 18.2 Å². The summed E-state index contributed by atoms with van der Waals surface area (Å²) in [5.41, 5.74) is 1.80. The first-order valence-electron chi connectivity index (χ1n) is 5.89. The molecule has 0 amide bonds. The van der Waals surface area contributed by atoms with Crippen LogP contribution in [0.3, 0.4) is 0 Å². The molecule has 0 bridgehead atoms. The molecule has 0 fully saturated rings. The molecule has 102 valence electrons. The van der Waals surface area contributed by atoms with Crippen molar-refractivity contribution < 1.29 is 8.42 Å². The first kappa shape index (κ1) is 13.3. The number of aromatic nitrogens is 2. The lowest BCUT2D eigenvalue weighted by Gasteiger charge is -2.05. The molecule has 3 rings (SSSR count). The minimum Gasteiger partial charge on any atom is -0.233 e. The van der Waals surface area contributed by atoms with Gasteiger partial charge in [0.2, 0.25) is 0 Å². The van der Waals surface area contributed by atoms with Crippen LogP contribution in [0, 0.1) is 0 Å². The van der Waals surface area contributed by atoms with Gasteiger partial charge >= 0.3 is 0 Å². The fourth-order valence-corrected chi connectivity index (χ4v) is 3.05. The van der Waals surface area contributed by atoms with E-state index in [0.717, 1.165) is 21.1 Å². The number of halogens is 1. The SMILES string of the molecule is CS(=O)(=O)c1ccc(-n2ncc3cc(Br)ccc32)cc1. The number of sulfone groups is 1. The quantitative estimate of drug-likeness (QED) is 0.713. The predicted molar refractivity (Wildman–Crippen MR) is 81.9 cm³/mol. The van der Waals surface area contributed by atoms with Crippen LogP contribution in [0.1, 0.15) is 0 Å². The summed E-state index contributed by atoms with van der Waals surface area (Å²) in [6.45, 7) is 0. The molecule has 0 aliphatic carbocycles. The number of hydrogen-bond acceptors (Lipinski definition) is 3. The summed E-state index contributed by atoms with van der Waals surface area (Å²) in [6, 6.07) is 12.6. The minimum absolute atomic E-state index is 0.306. The molecule has 4 nitrogen and oxygen atoms in total. The molecule has 0 aliphatic heterocycles. The van der Waals surface area contributed by atoms with E-state index in [-0.39, 0.29) is 0 Å². The Balaban J connectivity index is 2.12. The largest absolute Gasteiger partial charge is 0.233 e. The van der Waals surface area contributed by atoms with Crippen molar-refractivity contribution in [1.82, 2.24) is 9.78 Å². The molecule has 0 saturated heterocycles. The van der Waals surface area contributed by atoms with Crippen LogP contribution < -0.4 is 0 Å². The van der Waals surface area contributed by atoms with E-state index in [4.69, 9.17) is 0 Å². The van der Waals surface area contributed by atoms with Crippen molar-refractivity contribution in [1.29, 1.82) is 0 Å². The normalized spacial score (nSPS) is 11.9. The Kier molecular flexibility index (Phi) is 3.14. The molecular formula is C14H11BrN2O2S. The molecule has 0 atom stereocenters. The van der Waals surface area contributed by atoms with Gasteiger partial charge in [-0.25, -0.2) is 13.1 Å². The van der Waals surface area contributed by atoms with E-state index in [2.05, 4.69) is 21.0 Å². The van der Waals surface area contributed by atoms with Crippen LogP contribution in [0.25, 0.3) is 16.6 Å². The number of rotatable bonds is 2. The lowest BCUT2D eigenvalue weighted by Crippen LogP contribution is -1.99. The molecule has 0 spiro atoms. The van der Waals surface area contributed by atoms with Gasteiger partial charge < -0.3 is 0 Å². The van der Waals surface area contributed by atoms with Crippen LogP contribution in [0.5, 0.6) is 0 Å². The Morgan fingerprint density at radius 1 is 1.10 bits per heavy atom. The van der Waals surface area contributed by atoms with Gasteiger partial charge in [-0.3, -0.25) is 0 Å².